The summed E-state index contributed by atoms with van der Waals surface area (Å²) in [7, 11) is 0. The Kier molecular flexibility index (Phi) is 7.03. The maximum atomic E-state index is 12.2. The van der Waals surface area contributed by atoms with Gasteiger partial charge in [-0.15, -0.1) is 0 Å². The van der Waals surface area contributed by atoms with Crippen molar-refractivity contribution < 1.29 is 4.79 Å². The van der Waals surface area contributed by atoms with Gasteiger partial charge in [-0.2, -0.15) is 10.4 Å². The molecular formula is C21H20N4O2. The van der Waals surface area contributed by atoms with Crippen molar-refractivity contribution in [2.24, 2.45) is 0 Å². The van der Waals surface area contributed by atoms with Crippen molar-refractivity contribution in [3.63, 3.8) is 0 Å². The molecule has 0 saturated carbocycles. The maximum Gasteiger partial charge on any atom is 0.267 e. The first-order chi connectivity index (χ1) is 13.2. The van der Waals surface area contributed by atoms with E-state index in [9.17, 15) is 9.59 Å². The molecule has 0 saturated heterocycles. The quantitative estimate of drug-likeness (QED) is 0.772. The predicted molar refractivity (Wildman–Crippen MR) is 105 cm³/mol. The second kappa shape index (κ2) is 9.68. The number of rotatable bonds is 4. The van der Waals surface area contributed by atoms with E-state index in [4.69, 9.17) is 5.26 Å². The molecule has 0 spiro atoms. The van der Waals surface area contributed by atoms with Crippen LogP contribution in [0.4, 0.5) is 5.69 Å². The van der Waals surface area contributed by atoms with Gasteiger partial charge in [0.1, 0.15) is 6.54 Å². The van der Waals surface area contributed by atoms with Gasteiger partial charge in [-0.25, -0.2) is 4.68 Å². The van der Waals surface area contributed by atoms with Gasteiger partial charge in [0.25, 0.3) is 5.56 Å². The SMILES string of the molecule is CC.N#Cc1cccc(NC(=O)Cn2nc(-c3ccccc3)ccc2=O)c1. The van der Waals surface area contributed by atoms with Crippen molar-refractivity contribution in [2.45, 2.75) is 20.4 Å². The van der Waals surface area contributed by atoms with Crippen LogP contribution in [0.15, 0.2) is 71.5 Å². The molecule has 6 nitrogen and oxygen atoms in total. The summed E-state index contributed by atoms with van der Waals surface area (Å²) in [5, 5.41) is 15.8. The second-order valence-corrected chi connectivity index (χ2v) is 5.32. The predicted octanol–water partition coefficient (Wildman–Crippen LogP) is 3.45. The molecule has 27 heavy (non-hydrogen) atoms. The molecular weight excluding hydrogens is 340 g/mol. The first-order valence-electron chi connectivity index (χ1n) is 8.59. The highest BCUT2D eigenvalue weighted by atomic mass is 16.2. The van der Waals surface area contributed by atoms with E-state index in [1.807, 2.05) is 50.2 Å². The summed E-state index contributed by atoms with van der Waals surface area (Å²) >= 11 is 0. The largest absolute Gasteiger partial charge is 0.324 e. The van der Waals surface area contributed by atoms with E-state index in [-0.39, 0.29) is 12.1 Å². The van der Waals surface area contributed by atoms with E-state index < -0.39 is 5.91 Å². The van der Waals surface area contributed by atoms with Crippen LogP contribution in [0.2, 0.25) is 0 Å². The topological polar surface area (TPSA) is 87.8 Å². The van der Waals surface area contributed by atoms with Crippen LogP contribution >= 0.6 is 0 Å². The number of nitrogens with zero attached hydrogens (tertiary/aromatic N) is 3. The molecule has 0 aliphatic rings. The Bertz CT molecular complexity index is 1000. The summed E-state index contributed by atoms with van der Waals surface area (Å²) in [6.45, 7) is 3.79. The van der Waals surface area contributed by atoms with Crippen LogP contribution < -0.4 is 10.9 Å². The summed E-state index contributed by atoms with van der Waals surface area (Å²) in [6.07, 6.45) is 0. The average Bonchev–Trinajstić information content (AvgIpc) is 2.72. The lowest BCUT2D eigenvalue weighted by Gasteiger charge is -2.08. The molecule has 0 fully saturated rings. The lowest BCUT2D eigenvalue weighted by molar-refractivity contribution is -0.117. The van der Waals surface area contributed by atoms with E-state index in [1.165, 1.54) is 6.07 Å². The Labute approximate surface area is 157 Å². The number of benzene rings is 2. The number of carbonyl (C=O) groups excluding carboxylic acids is 1. The minimum atomic E-state index is -0.394. The molecule has 1 N–H and O–H groups in total. The fourth-order valence-electron chi connectivity index (χ4n) is 2.33. The van der Waals surface area contributed by atoms with E-state index in [2.05, 4.69) is 10.4 Å². The van der Waals surface area contributed by atoms with Crippen molar-refractivity contribution in [1.29, 1.82) is 5.26 Å². The molecule has 0 radical (unpaired) electrons. The van der Waals surface area contributed by atoms with Crippen LogP contribution in [-0.2, 0) is 11.3 Å². The maximum absolute atomic E-state index is 12.2. The van der Waals surface area contributed by atoms with Crippen molar-refractivity contribution >= 4 is 11.6 Å². The molecule has 0 bridgehead atoms. The van der Waals surface area contributed by atoms with E-state index >= 15 is 0 Å². The molecule has 3 rings (SSSR count). The van der Waals surface area contributed by atoms with E-state index in [1.54, 1.807) is 30.3 Å². The molecule has 1 aromatic heterocycles. The zero-order valence-electron chi connectivity index (χ0n) is 15.2. The molecule has 3 aromatic rings. The Balaban J connectivity index is 0.00000126. The number of nitriles is 1. The zero-order valence-corrected chi connectivity index (χ0v) is 15.2. The minimum Gasteiger partial charge on any atom is -0.324 e. The Morgan fingerprint density at radius 1 is 1.07 bits per heavy atom. The van der Waals surface area contributed by atoms with Gasteiger partial charge in [-0.05, 0) is 24.3 Å². The van der Waals surface area contributed by atoms with Crippen LogP contribution in [0.25, 0.3) is 11.3 Å². The van der Waals surface area contributed by atoms with Crippen molar-refractivity contribution in [3.05, 3.63) is 82.6 Å². The van der Waals surface area contributed by atoms with Gasteiger partial charge in [0, 0.05) is 17.3 Å². The van der Waals surface area contributed by atoms with Gasteiger partial charge in [0.15, 0.2) is 0 Å². The summed E-state index contributed by atoms with van der Waals surface area (Å²) in [5.74, 6) is -0.394. The number of hydrogen-bond donors (Lipinski definition) is 1. The number of amides is 1. The average molecular weight is 360 g/mol. The smallest absolute Gasteiger partial charge is 0.267 e. The molecule has 0 atom stereocenters. The molecule has 1 heterocycles. The van der Waals surface area contributed by atoms with Crippen LogP contribution in [0, 0.1) is 11.3 Å². The molecule has 6 heteroatoms. The van der Waals surface area contributed by atoms with Gasteiger partial charge < -0.3 is 5.32 Å². The monoisotopic (exact) mass is 360 g/mol. The van der Waals surface area contributed by atoms with Crippen LogP contribution in [0.3, 0.4) is 0 Å². The number of carbonyl (C=O) groups is 1. The van der Waals surface area contributed by atoms with Crippen molar-refractivity contribution in [3.8, 4) is 17.3 Å². The van der Waals surface area contributed by atoms with Crippen LogP contribution in [-0.4, -0.2) is 15.7 Å². The number of anilines is 1. The third kappa shape index (κ3) is 5.38. The Hall–Kier alpha value is -3.72. The molecule has 0 aliphatic heterocycles. The van der Waals surface area contributed by atoms with Gasteiger partial charge in [0.05, 0.1) is 17.3 Å². The van der Waals surface area contributed by atoms with Gasteiger partial charge >= 0.3 is 0 Å². The van der Waals surface area contributed by atoms with E-state index in [0.29, 0.717) is 16.9 Å². The van der Waals surface area contributed by atoms with Crippen LogP contribution in [0.1, 0.15) is 19.4 Å². The molecule has 0 unspecified atom stereocenters. The minimum absolute atomic E-state index is 0.212. The molecule has 0 aliphatic carbocycles. The third-order valence-corrected chi connectivity index (χ3v) is 3.50. The number of nitrogens with one attached hydrogen (secondary N) is 1. The standard InChI is InChI=1S/C19H14N4O2.C2H6/c20-12-14-5-4-8-16(11-14)21-18(24)13-23-19(25)10-9-17(22-23)15-6-2-1-3-7-15;1-2/h1-11H,13H2,(H,21,24);1-2H3. The van der Waals surface area contributed by atoms with Gasteiger partial charge in [-0.3, -0.25) is 9.59 Å². The zero-order chi connectivity index (χ0) is 19.6. The second-order valence-electron chi connectivity index (χ2n) is 5.32. The first kappa shape index (κ1) is 19.6. The van der Waals surface area contributed by atoms with Gasteiger partial charge in [0.2, 0.25) is 5.91 Å². The number of aromatic nitrogens is 2. The highest BCUT2D eigenvalue weighted by Crippen LogP contribution is 2.14. The summed E-state index contributed by atoms with van der Waals surface area (Å²) in [6, 6.07) is 21.0. The fourth-order valence-corrected chi connectivity index (χ4v) is 2.33. The summed E-state index contributed by atoms with van der Waals surface area (Å²) in [5.41, 5.74) is 2.05. The normalized spacial score (nSPS) is 9.52. The fraction of sp³-hybridized carbons (Fsp3) is 0.143. The van der Waals surface area contributed by atoms with Crippen molar-refractivity contribution in [2.75, 3.05) is 5.32 Å². The summed E-state index contributed by atoms with van der Waals surface area (Å²) < 4.78 is 1.12. The molecule has 136 valence electrons. The lowest BCUT2D eigenvalue weighted by atomic mass is 10.1. The Morgan fingerprint density at radius 3 is 2.52 bits per heavy atom. The lowest BCUT2D eigenvalue weighted by Crippen LogP contribution is -2.29. The van der Waals surface area contributed by atoms with Crippen molar-refractivity contribution in [1.82, 2.24) is 9.78 Å². The van der Waals surface area contributed by atoms with Crippen LogP contribution in [0.5, 0.6) is 0 Å². The number of hydrogen-bond acceptors (Lipinski definition) is 4. The first-order valence-corrected chi connectivity index (χ1v) is 8.59. The molecule has 1 amide bonds. The third-order valence-electron chi connectivity index (χ3n) is 3.50. The molecule has 2 aromatic carbocycles. The van der Waals surface area contributed by atoms with Gasteiger partial charge in [-0.1, -0.05) is 50.2 Å². The van der Waals surface area contributed by atoms with E-state index in [0.717, 1.165) is 10.2 Å². The summed E-state index contributed by atoms with van der Waals surface area (Å²) in [4.78, 5) is 24.2. The highest BCUT2D eigenvalue weighted by molar-refractivity contribution is 5.90. The highest BCUT2D eigenvalue weighted by Gasteiger charge is 2.08. The Morgan fingerprint density at radius 2 is 1.81 bits per heavy atom.